The molecule has 0 amide bonds. The normalized spacial score (nSPS) is 46.9. The number of ether oxygens (including phenoxy) is 1. The van der Waals surface area contributed by atoms with E-state index in [1.807, 2.05) is 6.92 Å². The van der Waals surface area contributed by atoms with E-state index in [0.29, 0.717) is 22.9 Å². The molecular weight excluding hydrogens is 184 g/mol. The molecule has 0 spiro atoms. The number of rotatable bonds is 2. The predicted molar refractivity (Wildman–Crippen MR) is 63.5 cm³/mol. The van der Waals surface area contributed by atoms with Crippen LogP contribution in [0, 0.1) is 22.7 Å². The molecule has 3 aliphatic rings. The van der Waals surface area contributed by atoms with Gasteiger partial charge in [0.1, 0.15) is 6.10 Å². The van der Waals surface area contributed by atoms with E-state index in [1.54, 1.807) is 0 Å². The zero-order valence-corrected chi connectivity index (χ0v) is 10.8. The third kappa shape index (κ3) is 1.43. The average Bonchev–Trinajstić information content (AvgIpc) is 2.04. The summed E-state index contributed by atoms with van der Waals surface area (Å²) in [5.41, 5.74) is 0.844. The Morgan fingerprint density at radius 3 is 2.27 bits per heavy atom. The molecule has 2 unspecified atom stereocenters. The molecule has 15 heavy (non-hydrogen) atoms. The van der Waals surface area contributed by atoms with Gasteiger partial charge in [0.05, 0.1) is 5.76 Å². The van der Waals surface area contributed by atoms with Crippen molar-refractivity contribution in [2.75, 3.05) is 0 Å². The summed E-state index contributed by atoms with van der Waals surface area (Å²) >= 11 is 0. The Morgan fingerprint density at radius 1 is 1.27 bits per heavy atom. The first-order valence-electron chi connectivity index (χ1n) is 6.09. The Balaban J connectivity index is 2.23. The van der Waals surface area contributed by atoms with E-state index in [4.69, 9.17) is 4.74 Å². The summed E-state index contributed by atoms with van der Waals surface area (Å²) in [4.78, 5) is 0. The van der Waals surface area contributed by atoms with Gasteiger partial charge in [-0.1, -0.05) is 34.3 Å². The number of allylic oxidation sites excluding steroid dienone is 1. The zero-order chi connectivity index (χ0) is 11.4. The van der Waals surface area contributed by atoms with Crippen molar-refractivity contribution in [3.8, 4) is 0 Å². The van der Waals surface area contributed by atoms with Crippen LogP contribution in [0.1, 0.15) is 47.5 Å². The molecule has 0 aromatic carbocycles. The van der Waals surface area contributed by atoms with Gasteiger partial charge in [-0.2, -0.15) is 0 Å². The van der Waals surface area contributed by atoms with Gasteiger partial charge in [-0.25, -0.2) is 0 Å². The summed E-state index contributed by atoms with van der Waals surface area (Å²) in [5.74, 6) is 2.36. The van der Waals surface area contributed by atoms with Crippen LogP contribution in [0.15, 0.2) is 12.3 Å². The quantitative estimate of drug-likeness (QED) is 0.623. The fraction of sp³-hybridized carbons (Fsp3) is 0.857. The van der Waals surface area contributed by atoms with Crippen molar-refractivity contribution in [1.82, 2.24) is 0 Å². The zero-order valence-electron chi connectivity index (χ0n) is 10.8. The minimum Gasteiger partial charge on any atom is -0.495 e. The lowest BCUT2D eigenvalue weighted by molar-refractivity contribution is -0.205. The number of hydrogen-bond acceptors (Lipinski definition) is 1. The highest BCUT2D eigenvalue weighted by molar-refractivity contribution is 5.11. The fourth-order valence-electron chi connectivity index (χ4n) is 3.68. The molecule has 2 atom stereocenters. The van der Waals surface area contributed by atoms with Crippen LogP contribution < -0.4 is 0 Å². The number of fused-ring (bicyclic) bond motifs is 2. The molecule has 1 nitrogen and oxygen atoms in total. The van der Waals surface area contributed by atoms with E-state index < -0.39 is 0 Å². The topological polar surface area (TPSA) is 9.23 Å². The molecule has 0 N–H and O–H groups in total. The van der Waals surface area contributed by atoms with E-state index >= 15 is 0 Å². The molecule has 86 valence electrons. The molecule has 0 saturated heterocycles. The van der Waals surface area contributed by atoms with Crippen LogP contribution in [0.4, 0.5) is 0 Å². The van der Waals surface area contributed by atoms with Crippen LogP contribution in [-0.2, 0) is 4.74 Å². The van der Waals surface area contributed by atoms with E-state index in [-0.39, 0.29) is 0 Å². The van der Waals surface area contributed by atoms with Crippen LogP contribution in [0.2, 0.25) is 0 Å². The van der Waals surface area contributed by atoms with E-state index in [0.717, 1.165) is 11.7 Å². The van der Waals surface area contributed by atoms with Crippen molar-refractivity contribution in [3.05, 3.63) is 12.3 Å². The fourth-order valence-corrected chi connectivity index (χ4v) is 3.68. The van der Waals surface area contributed by atoms with Crippen molar-refractivity contribution < 1.29 is 4.74 Å². The van der Waals surface area contributed by atoms with Crippen molar-refractivity contribution in [1.29, 1.82) is 0 Å². The molecule has 3 saturated carbocycles. The Morgan fingerprint density at radius 2 is 1.80 bits per heavy atom. The van der Waals surface area contributed by atoms with Gasteiger partial charge in [0.25, 0.3) is 0 Å². The molecule has 0 aromatic rings. The summed E-state index contributed by atoms with van der Waals surface area (Å²) in [6.07, 6.45) is 3.13. The van der Waals surface area contributed by atoms with Crippen LogP contribution in [0.25, 0.3) is 0 Å². The third-order valence-electron chi connectivity index (χ3n) is 5.09. The lowest BCUT2D eigenvalue weighted by atomic mass is 9.42. The van der Waals surface area contributed by atoms with Crippen molar-refractivity contribution in [2.24, 2.45) is 22.7 Å². The largest absolute Gasteiger partial charge is 0.495 e. The molecule has 0 aliphatic heterocycles. The number of hydrogen-bond donors (Lipinski definition) is 0. The highest BCUT2D eigenvalue weighted by Crippen LogP contribution is 2.65. The van der Waals surface area contributed by atoms with Crippen molar-refractivity contribution >= 4 is 0 Å². The Bertz CT molecular complexity index is 284. The van der Waals surface area contributed by atoms with E-state index in [2.05, 4.69) is 34.3 Å². The van der Waals surface area contributed by atoms with Gasteiger partial charge in [0, 0.05) is 5.41 Å². The van der Waals surface area contributed by atoms with Crippen LogP contribution in [0.3, 0.4) is 0 Å². The standard InChI is InChI=1S/C14H24O/c1-9(2)15-12-10(3)14(6)7-11(8-14)13(12,4)5/h10-12H,1,7-8H2,2-6H3. The molecule has 3 aliphatic carbocycles. The second-order valence-corrected chi connectivity index (χ2v) is 6.61. The molecule has 0 radical (unpaired) electrons. The molecule has 1 heteroatoms. The first-order valence-corrected chi connectivity index (χ1v) is 6.09. The third-order valence-corrected chi connectivity index (χ3v) is 5.09. The highest BCUT2D eigenvalue weighted by atomic mass is 16.5. The van der Waals surface area contributed by atoms with Crippen LogP contribution >= 0.6 is 0 Å². The maximum absolute atomic E-state index is 5.99. The van der Waals surface area contributed by atoms with E-state index in [1.165, 1.54) is 12.8 Å². The van der Waals surface area contributed by atoms with Gasteiger partial charge in [-0.3, -0.25) is 0 Å². The molecule has 3 fully saturated rings. The molecule has 0 heterocycles. The monoisotopic (exact) mass is 208 g/mol. The van der Waals surface area contributed by atoms with Gasteiger partial charge in [-0.05, 0) is 37.0 Å². The Kier molecular flexibility index (Phi) is 2.22. The van der Waals surface area contributed by atoms with Gasteiger partial charge >= 0.3 is 0 Å². The molecule has 2 bridgehead atoms. The smallest absolute Gasteiger partial charge is 0.107 e. The first-order chi connectivity index (χ1) is 6.77. The van der Waals surface area contributed by atoms with Crippen LogP contribution in [0.5, 0.6) is 0 Å². The van der Waals surface area contributed by atoms with Crippen molar-refractivity contribution in [3.63, 3.8) is 0 Å². The first kappa shape index (κ1) is 11.0. The predicted octanol–water partition coefficient (Wildman–Crippen LogP) is 4.00. The second-order valence-electron chi connectivity index (χ2n) is 6.61. The van der Waals surface area contributed by atoms with Gasteiger partial charge < -0.3 is 4.74 Å². The van der Waals surface area contributed by atoms with Crippen molar-refractivity contribution in [2.45, 2.75) is 53.6 Å². The van der Waals surface area contributed by atoms with Crippen LogP contribution in [-0.4, -0.2) is 6.10 Å². The molecular formula is C14H24O. The Hall–Kier alpha value is -0.460. The highest BCUT2D eigenvalue weighted by Gasteiger charge is 2.61. The SMILES string of the molecule is C=C(C)OC1C(C)C2(C)CC(C2)C1(C)C. The minimum absolute atomic E-state index is 0.316. The van der Waals surface area contributed by atoms with Gasteiger partial charge in [-0.15, -0.1) is 0 Å². The van der Waals surface area contributed by atoms with Gasteiger partial charge in [0.2, 0.25) is 0 Å². The van der Waals surface area contributed by atoms with Gasteiger partial charge in [0.15, 0.2) is 0 Å². The summed E-state index contributed by atoms with van der Waals surface area (Å²) in [6.45, 7) is 15.3. The summed E-state index contributed by atoms with van der Waals surface area (Å²) in [5, 5.41) is 0. The second kappa shape index (κ2) is 3.02. The summed E-state index contributed by atoms with van der Waals surface area (Å²) in [7, 11) is 0. The minimum atomic E-state index is 0.316. The molecule has 0 aromatic heterocycles. The molecule has 3 rings (SSSR count). The summed E-state index contributed by atoms with van der Waals surface area (Å²) in [6, 6.07) is 0. The maximum atomic E-state index is 5.99. The Labute approximate surface area is 93.9 Å². The lowest BCUT2D eigenvalue weighted by Crippen LogP contribution is -2.61. The summed E-state index contributed by atoms with van der Waals surface area (Å²) < 4.78 is 5.99. The average molecular weight is 208 g/mol. The lowest BCUT2D eigenvalue weighted by Gasteiger charge is -2.65. The maximum Gasteiger partial charge on any atom is 0.107 e. The van der Waals surface area contributed by atoms with E-state index in [9.17, 15) is 0 Å².